The highest BCUT2D eigenvalue weighted by Crippen LogP contribution is 2.25. The number of aryl methyl sites for hydroxylation is 1. The third kappa shape index (κ3) is 5.27. The first-order valence-corrected chi connectivity index (χ1v) is 10.7. The number of ether oxygens (including phenoxy) is 1. The molecule has 0 atom stereocenters. The summed E-state index contributed by atoms with van der Waals surface area (Å²) < 4.78 is 88.9. The average molecular weight is 484 g/mol. The molecule has 0 bridgehead atoms. The summed E-state index contributed by atoms with van der Waals surface area (Å²) in [6.07, 6.45) is 0.226. The van der Waals surface area contributed by atoms with Crippen LogP contribution >= 0.6 is 0 Å². The normalized spacial score (nSPS) is 10.8. The lowest BCUT2D eigenvalue weighted by molar-refractivity contribution is 0.335. The molecule has 4 aromatic rings. The Balaban J connectivity index is 1.51. The molecule has 0 radical (unpaired) electrons. The summed E-state index contributed by atoms with van der Waals surface area (Å²) in [6, 6.07) is 11.5. The molecule has 0 aromatic heterocycles. The fourth-order valence-electron chi connectivity index (χ4n) is 3.68. The minimum absolute atomic E-state index is 0.0271. The van der Waals surface area contributed by atoms with Crippen LogP contribution in [0.2, 0.25) is 0 Å². The summed E-state index contributed by atoms with van der Waals surface area (Å²) in [4.78, 5) is 0. The molecule has 0 aliphatic carbocycles. The van der Waals surface area contributed by atoms with Gasteiger partial charge < -0.3 is 4.74 Å². The first-order valence-electron chi connectivity index (χ1n) is 10.7. The monoisotopic (exact) mass is 484 g/mol. The average Bonchev–Trinajstić information content (AvgIpc) is 2.81. The van der Waals surface area contributed by atoms with Gasteiger partial charge in [0.1, 0.15) is 23.2 Å². The van der Waals surface area contributed by atoms with Gasteiger partial charge in [-0.3, -0.25) is 0 Å². The standard InChI is InChI=1S/C28H18F6O/c1-2-35-20-14-24(30)22(25(31)15-20)10-6-17-4-8-18(23(29)12-17)7-3-16-5-9-21-19(11-16)13-26(32)28(34)27(21)33/h4-5,8-9,11-15H,2,6,10H2,1H3. The van der Waals surface area contributed by atoms with E-state index < -0.39 is 34.9 Å². The van der Waals surface area contributed by atoms with Crippen LogP contribution in [0.1, 0.15) is 29.2 Å². The third-order valence-electron chi connectivity index (χ3n) is 5.44. The lowest BCUT2D eigenvalue weighted by Crippen LogP contribution is -2.02. The zero-order chi connectivity index (χ0) is 25.1. The van der Waals surface area contributed by atoms with Crippen molar-refractivity contribution < 1.29 is 31.1 Å². The van der Waals surface area contributed by atoms with Gasteiger partial charge in [0.05, 0.1) is 12.2 Å². The summed E-state index contributed by atoms with van der Waals surface area (Å²) >= 11 is 0. The van der Waals surface area contributed by atoms with E-state index in [0.29, 0.717) is 11.1 Å². The van der Waals surface area contributed by atoms with Crippen molar-refractivity contribution >= 4 is 10.8 Å². The highest BCUT2D eigenvalue weighted by molar-refractivity contribution is 5.84. The second-order valence-electron chi connectivity index (χ2n) is 7.78. The summed E-state index contributed by atoms with van der Waals surface area (Å²) in [5, 5.41) is 0.0307. The van der Waals surface area contributed by atoms with Crippen molar-refractivity contribution in [1.29, 1.82) is 0 Å². The van der Waals surface area contributed by atoms with Crippen LogP contribution in [0.4, 0.5) is 26.3 Å². The summed E-state index contributed by atoms with van der Waals surface area (Å²) in [6.45, 7) is 1.99. The fraction of sp³-hybridized carbons (Fsp3) is 0.143. The van der Waals surface area contributed by atoms with Crippen LogP contribution in [0, 0.1) is 46.7 Å². The first kappa shape index (κ1) is 24.2. The van der Waals surface area contributed by atoms with Gasteiger partial charge in [-0.05, 0) is 61.0 Å². The molecule has 0 N–H and O–H groups in total. The van der Waals surface area contributed by atoms with E-state index in [2.05, 4.69) is 11.8 Å². The SMILES string of the molecule is CCOc1cc(F)c(CCc2ccc(C#Cc3ccc4c(F)c(F)c(F)cc4c3)c(F)c2)c(F)c1. The van der Waals surface area contributed by atoms with Gasteiger partial charge in [-0.1, -0.05) is 24.0 Å². The maximum absolute atomic E-state index is 14.6. The van der Waals surface area contributed by atoms with Crippen LogP contribution < -0.4 is 4.74 Å². The van der Waals surface area contributed by atoms with Crippen molar-refractivity contribution in [1.82, 2.24) is 0 Å². The van der Waals surface area contributed by atoms with Crippen molar-refractivity contribution in [2.75, 3.05) is 6.61 Å². The van der Waals surface area contributed by atoms with E-state index in [9.17, 15) is 26.3 Å². The first-order chi connectivity index (χ1) is 16.8. The fourth-order valence-corrected chi connectivity index (χ4v) is 3.68. The van der Waals surface area contributed by atoms with Crippen LogP contribution in [-0.4, -0.2) is 6.61 Å². The van der Waals surface area contributed by atoms with Crippen LogP contribution in [0.5, 0.6) is 5.75 Å². The third-order valence-corrected chi connectivity index (χ3v) is 5.44. The number of benzene rings is 4. The van der Waals surface area contributed by atoms with E-state index >= 15 is 0 Å². The molecular weight excluding hydrogens is 466 g/mol. The Bertz CT molecular complexity index is 1460. The molecule has 0 saturated carbocycles. The van der Waals surface area contributed by atoms with E-state index in [4.69, 9.17) is 4.74 Å². The Morgan fingerprint density at radius 1 is 0.686 bits per heavy atom. The number of fused-ring (bicyclic) bond motifs is 1. The van der Waals surface area contributed by atoms with E-state index in [1.807, 2.05) is 0 Å². The smallest absolute Gasteiger partial charge is 0.195 e. The van der Waals surface area contributed by atoms with Gasteiger partial charge in [0.2, 0.25) is 0 Å². The van der Waals surface area contributed by atoms with Gasteiger partial charge in [0.25, 0.3) is 0 Å². The van der Waals surface area contributed by atoms with Gasteiger partial charge >= 0.3 is 0 Å². The molecule has 0 unspecified atom stereocenters. The molecule has 0 heterocycles. The summed E-state index contributed by atoms with van der Waals surface area (Å²) in [5.41, 5.74) is 0.845. The highest BCUT2D eigenvalue weighted by atomic mass is 19.2. The van der Waals surface area contributed by atoms with Gasteiger partial charge in [-0.25, -0.2) is 26.3 Å². The molecule has 7 heteroatoms. The van der Waals surface area contributed by atoms with E-state index in [1.54, 1.807) is 13.0 Å². The van der Waals surface area contributed by atoms with Gasteiger partial charge in [0, 0.05) is 28.6 Å². The highest BCUT2D eigenvalue weighted by Gasteiger charge is 2.14. The maximum atomic E-state index is 14.6. The van der Waals surface area contributed by atoms with Crippen molar-refractivity contribution in [3.63, 3.8) is 0 Å². The number of hydrogen-bond acceptors (Lipinski definition) is 1. The van der Waals surface area contributed by atoms with E-state index in [0.717, 1.165) is 18.2 Å². The van der Waals surface area contributed by atoms with Crippen molar-refractivity contribution in [2.24, 2.45) is 0 Å². The molecule has 35 heavy (non-hydrogen) atoms. The van der Waals surface area contributed by atoms with Crippen LogP contribution in [0.25, 0.3) is 10.8 Å². The Labute approximate surface area is 198 Å². The van der Waals surface area contributed by atoms with E-state index in [1.165, 1.54) is 30.3 Å². The largest absolute Gasteiger partial charge is 0.494 e. The quantitative estimate of drug-likeness (QED) is 0.165. The molecule has 0 aliphatic heterocycles. The molecule has 0 fully saturated rings. The van der Waals surface area contributed by atoms with Gasteiger partial charge in [0.15, 0.2) is 17.5 Å². The van der Waals surface area contributed by atoms with Crippen molar-refractivity contribution in [3.05, 3.63) is 112 Å². The van der Waals surface area contributed by atoms with Crippen molar-refractivity contribution in [2.45, 2.75) is 19.8 Å². The predicted octanol–water partition coefficient (Wildman–Crippen LogP) is 7.26. The minimum atomic E-state index is -1.55. The molecule has 4 rings (SSSR count). The maximum Gasteiger partial charge on any atom is 0.195 e. The van der Waals surface area contributed by atoms with Crippen LogP contribution in [0.15, 0.2) is 54.6 Å². The Morgan fingerprint density at radius 3 is 2.11 bits per heavy atom. The Kier molecular flexibility index (Phi) is 7.02. The molecule has 0 aliphatic rings. The lowest BCUT2D eigenvalue weighted by Gasteiger charge is -2.09. The van der Waals surface area contributed by atoms with Crippen LogP contribution in [-0.2, 0) is 12.8 Å². The topological polar surface area (TPSA) is 9.23 Å². The second kappa shape index (κ2) is 10.1. The van der Waals surface area contributed by atoms with Crippen molar-refractivity contribution in [3.8, 4) is 17.6 Å². The van der Waals surface area contributed by atoms with Gasteiger partial charge in [-0.15, -0.1) is 0 Å². The lowest BCUT2D eigenvalue weighted by atomic mass is 10.0. The zero-order valence-electron chi connectivity index (χ0n) is 18.5. The molecule has 178 valence electrons. The Hall–Kier alpha value is -3.92. The molecular formula is C28H18F6O. The second-order valence-corrected chi connectivity index (χ2v) is 7.78. The predicted molar refractivity (Wildman–Crippen MR) is 121 cm³/mol. The summed E-state index contributed by atoms with van der Waals surface area (Å²) in [5.74, 6) is -0.754. The molecule has 4 aromatic carbocycles. The number of rotatable bonds is 5. The molecule has 0 saturated heterocycles. The van der Waals surface area contributed by atoms with Crippen LogP contribution in [0.3, 0.4) is 0 Å². The van der Waals surface area contributed by atoms with Gasteiger partial charge in [-0.2, -0.15) is 0 Å². The molecule has 1 nitrogen and oxygen atoms in total. The minimum Gasteiger partial charge on any atom is -0.494 e. The molecule has 0 spiro atoms. The molecule has 0 amide bonds. The number of hydrogen-bond donors (Lipinski definition) is 0. The number of halogens is 6. The zero-order valence-corrected chi connectivity index (χ0v) is 18.5. The Morgan fingerprint density at radius 2 is 1.43 bits per heavy atom. The summed E-state index contributed by atoms with van der Waals surface area (Å²) in [7, 11) is 0. The van der Waals surface area contributed by atoms with E-state index in [-0.39, 0.29) is 47.1 Å².